The Morgan fingerprint density at radius 1 is 0.690 bits per heavy atom. The summed E-state index contributed by atoms with van der Waals surface area (Å²) in [5, 5.41) is 91.9. The summed E-state index contributed by atoms with van der Waals surface area (Å²) >= 11 is 0. The summed E-state index contributed by atoms with van der Waals surface area (Å²) < 4.78 is 27.8. The van der Waals surface area contributed by atoms with E-state index in [0.717, 1.165) is 6.07 Å². The summed E-state index contributed by atoms with van der Waals surface area (Å²) in [4.78, 5) is 13.9. The van der Waals surface area contributed by atoms with Gasteiger partial charge in [-0.1, -0.05) is 0 Å². The molecule has 0 bridgehead atoms. The summed E-state index contributed by atoms with van der Waals surface area (Å²) in [5.74, 6) is -3.48. The molecule has 0 radical (unpaired) electrons. The lowest BCUT2D eigenvalue weighted by Crippen LogP contribution is -2.58. The fourth-order valence-corrected chi connectivity index (χ4v) is 4.77. The molecule has 1 aromatic heterocycles. The van der Waals surface area contributed by atoms with Crippen LogP contribution in [0.5, 0.6) is 28.7 Å². The van der Waals surface area contributed by atoms with Crippen LogP contribution in [-0.2, 0) is 9.47 Å². The second-order valence-corrected chi connectivity index (χ2v) is 10.2. The number of rotatable bonds is 5. The number of ether oxygens (including phenoxy) is 4. The first-order valence-corrected chi connectivity index (χ1v) is 12.9. The molecular formula is C27H30O15. The quantitative estimate of drug-likeness (QED) is 0.172. The zero-order valence-electron chi connectivity index (χ0n) is 22.1. The van der Waals surface area contributed by atoms with Crippen molar-refractivity contribution < 1.29 is 69.3 Å². The van der Waals surface area contributed by atoms with Crippen LogP contribution in [0, 0.1) is 0 Å². The SMILES string of the molecule is C[C@H]1O[C@@H](Oc2c(O)cc3oc(-c4ccc(O)cc4)c(O[C@@H]4O[C@H](C)[C@@H](O)[C@H](O)[C@H]4O)c(=O)c3c2O)[C@H](O)[C@@H](O)[C@@H]1O. The van der Waals surface area contributed by atoms with Gasteiger partial charge in [-0.2, -0.15) is 0 Å². The van der Waals surface area contributed by atoms with Crippen LogP contribution in [0.3, 0.4) is 0 Å². The van der Waals surface area contributed by atoms with Gasteiger partial charge in [0, 0.05) is 11.6 Å². The van der Waals surface area contributed by atoms with E-state index in [4.69, 9.17) is 23.4 Å². The molecule has 2 aromatic carbocycles. The highest BCUT2D eigenvalue weighted by Gasteiger charge is 2.45. The van der Waals surface area contributed by atoms with E-state index in [1.807, 2.05) is 0 Å². The first-order chi connectivity index (χ1) is 19.8. The van der Waals surface area contributed by atoms with Crippen LogP contribution < -0.4 is 14.9 Å². The molecule has 5 rings (SSSR count). The maximum atomic E-state index is 13.9. The number of phenolic OH excluding ortho intramolecular Hbond substituents is 3. The van der Waals surface area contributed by atoms with Crippen molar-refractivity contribution in [2.45, 2.75) is 75.3 Å². The van der Waals surface area contributed by atoms with E-state index >= 15 is 0 Å². The van der Waals surface area contributed by atoms with Crippen molar-refractivity contribution >= 4 is 11.0 Å². The predicted octanol–water partition coefficient (Wildman–Crippen LogP) is -1.01. The lowest BCUT2D eigenvalue weighted by molar-refractivity contribution is -0.268. The van der Waals surface area contributed by atoms with Crippen molar-refractivity contribution in [2.75, 3.05) is 0 Å². The van der Waals surface area contributed by atoms with E-state index in [9.17, 15) is 50.8 Å². The minimum Gasteiger partial charge on any atom is -0.508 e. The molecule has 10 atom stereocenters. The highest BCUT2D eigenvalue weighted by Crippen LogP contribution is 2.45. The van der Waals surface area contributed by atoms with Crippen LogP contribution >= 0.6 is 0 Å². The van der Waals surface area contributed by atoms with Gasteiger partial charge in [-0.3, -0.25) is 4.79 Å². The minimum atomic E-state index is -1.82. The number of aromatic hydroxyl groups is 3. The Bertz CT molecular complexity index is 1500. The molecule has 2 aliphatic heterocycles. The number of phenols is 3. The van der Waals surface area contributed by atoms with E-state index < -0.39 is 95.2 Å². The van der Waals surface area contributed by atoms with Gasteiger partial charge in [-0.25, -0.2) is 0 Å². The average Bonchev–Trinajstić information content (AvgIpc) is 2.95. The van der Waals surface area contributed by atoms with Crippen LogP contribution in [0.2, 0.25) is 0 Å². The van der Waals surface area contributed by atoms with Gasteiger partial charge >= 0.3 is 0 Å². The molecule has 0 saturated carbocycles. The average molecular weight is 595 g/mol. The predicted molar refractivity (Wildman–Crippen MR) is 139 cm³/mol. The Morgan fingerprint density at radius 3 is 1.71 bits per heavy atom. The molecule has 0 unspecified atom stereocenters. The minimum absolute atomic E-state index is 0.113. The first kappa shape index (κ1) is 29.8. The van der Waals surface area contributed by atoms with Gasteiger partial charge in [0.15, 0.2) is 17.3 Å². The molecule has 2 aliphatic rings. The standard InChI is InChI=1S/C27H30O15/c1-8-15(30)19(34)21(36)26(38-8)41-24-12(29)7-13-14(17(24)32)18(33)25(23(40-13)10-3-5-11(28)6-4-10)42-27-22(37)20(35)16(31)9(2)39-27/h3-9,15-16,19-22,26-32,34-37H,1-2H3/t8-,9-,15-,16-,19+,20+,21-,22-,26+,27+/m1/s1. The van der Waals surface area contributed by atoms with Crippen molar-refractivity contribution in [3.63, 3.8) is 0 Å². The summed E-state index contributed by atoms with van der Waals surface area (Å²) in [6, 6.07) is 6.23. The molecule has 15 nitrogen and oxygen atoms in total. The van der Waals surface area contributed by atoms with Crippen molar-refractivity contribution in [1.29, 1.82) is 0 Å². The molecule has 0 amide bonds. The summed E-state index contributed by atoms with van der Waals surface area (Å²) in [7, 11) is 0. The smallest absolute Gasteiger partial charge is 0.239 e. The van der Waals surface area contributed by atoms with Crippen LogP contribution in [-0.4, -0.2) is 107 Å². The van der Waals surface area contributed by atoms with E-state index in [2.05, 4.69) is 0 Å². The van der Waals surface area contributed by atoms with Gasteiger partial charge in [0.05, 0.1) is 12.2 Å². The Labute approximate surface area is 236 Å². The van der Waals surface area contributed by atoms with Gasteiger partial charge in [-0.05, 0) is 38.1 Å². The summed E-state index contributed by atoms with van der Waals surface area (Å²) in [5.41, 5.74) is -1.24. The van der Waals surface area contributed by atoms with Crippen LogP contribution in [0.25, 0.3) is 22.3 Å². The van der Waals surface area contributed by atoms with Crippen LogP contribution in [0.15, 0.2) is 39.5 Å². The van der Waals surface area contributed by atoms with Gasteiger partial charge < -0.3 is 69.3 Å². The van der Waals surface area contributed by atoms with Crippen molar-refractivity contribution in [1.82, 2.24) is 0 Å². The van der Waals surface area contributed by atoms with Gasteiger partial charge in [0.2, 0.25) is 29.5 Å². The number of fused-ring (bicyclic) bond motifs is 1. The van der Waals surface area contributed by atoms with Crippen molar-refractivity contribution in [2.24, 2.45) is 0 Å². The lowest BCUT2D eigenvalue weighted by Gasteiger charge is -2.39. The first-order valence-electron chi connectivity index (χ1n) is 12.9. The normalized spacial score (nSPS) is 33.4. The Balaban J connectivity index is 1.63. The molecular weight excluding hydrogens is 564 g/mol. The lowest BCUT2D eigenvalue weighted by atomic mass is 10.00. The van der Waals surface area contributed by atoms with Crippen molar-refractivity contribution in [3.05, 3.63) is 40.6 Å². The fourth-order valence-electron chi connectivity index (χ4n) is 4.77. The third-order valence-electron chi connectivity index (χ3n) is 7.26. The Hall–Kier alpha value is -3.67. The maximum Gasteiger partial charge on any atom is 0.239 e. The Morgan fingerprint density at radius 2 is 1.19 bits per heavy atom. The molecule has 15 heteroatoms. The molecule has 9 N–H and O–H groups in total. The highest BCUT2D eigenvalue weighted by molar-refractivity contribution is 5.91. The van der Waals surface area contributed by atoms with Crippen LogP contribution in [0.4, 0.5) is 0 Å². The van der Waals surface area contributed by atoms with E-state index in [1.165, 1.54) is 38.1 Å². The molecule has 3 aromatic rings. The fraction of sp³-hybridized carbons (Fsp3) is 0.444. The Kier molecular flexibility index (Phi) is 7.95. The number of aliphatic hydroxyl groups excluding tert-OH is 6. The number of aliphatic hydroxyl groups is 6. The number of benzene rings is 2. The largest absolute Gasteiger partial charge is 0.508 e. The molecule has 0 spiro atoms. The van der Waals surface area contributed by atoms with E-state index in [-0.39, 0.29) is 22.7 Å². The van der Waals surface area contributed by atoms with Crippen LogP contribution in [0.1, 0.15) is 13.8 Å². The third-order valence-corrected chi connectivity index (χ3v) is 7.26. The van der Waals surface area contributed by atoms with Gasteiger partial charge in [0.1, 0.15) is 53.3 Å². The number of hydrogen-bond acceptors (Lipinski definition) is 15. The second kappa shape index (κ2) is 11.2. The summed E-state index contributed by atoms with van der Waals surface area (Å²) in [6.45, 7) is 2.79. The molecule has 3 heterocycles. The molecule has 2 fully saturated rings. The molecule has 2 saturated heterocycles. The molecule has 0 aliphatic carbocycles. The van der Waals surface area contributed by atoms with Gasteiger partial charge in [-0.15, -0.1) is 0 Å². The molecule has 42 heavy (non-hydrogen) atoms. The third kappa shape index (κ3) is 5.10. The second-order valence-electron chi connectivity index (χ2n) is 10.2. The zero-order chi connectivity index (χ0) is 30.6. The highest BCUT2D eigenvalue weighted by atomic mass is 16.7. The summed E-state index contributed by atoms with van der Waals surface area (Å²) in [6.07, 6.45) is -15.4. The zero-order valence-corrected chi connectivity index (χ0v) is 22.1. The van der Waals surface area contributed by atoms with E-state index in [1.54, 1.807) is 0 Å². The van der Waals surface area contributed by atoms with Crippen molar-refractivity contribution in [3.8, 4) is 40.1 Å². The van der Waals surface area contributed by atoms with Gasteiger partial charge in [0.25, 0.3) is 0 Å². The molecule has 228 valence electrons. The monoisotopic (exact) mass is 594 g/mol. The maximum absolute atomic E-state index is 13.9. The topological polar surface area (TPSA) is 249 Å². The number of hydrogen-bond donors (Lipinski definition) is 9. The van der Waals surface area contributed by atoms with E-state index in [0.29, 0.717) is 0 Å².